The van der Waals surface area contributed by atoms with Crippen LogP contribution in [0, 0.1) is 5.92 Å². The number of halogens is 2. The smallest absolute Gasteiger partial charge is 0.255 e. The summed E-state index contributed by atoms with van der Waals surface area (Å²) in [5, 5.41) is 4.01. The fourth-order valence-corrected chi connectivity index (χ4v) is 4.68. The lowest BCUT2D eigenvalue weighted by atomic mass is 9.88. The minimum Gasteiger partial charge on any atom is -0.255 e. The molecule has 0 aromatic carbocycles. The lowest BCUT2D eigenvalue weighted by Crippen LogP contribution is -2.38. The molecule has 5 nitrogen and oxygen atoms in total. The standard InChI is InChI=1S/C11H17Cl2N3O2S/c1-16-11(10(13)7-14-16)19(17,18)15-9-4-2-8(6-12)3-5-9/h7-9,15H,2-6H2,1H3. The number of nitrogens with one attached hydrogen (secondary N) is 1. The van der Waals surface area contributed by atoms with Gasteiger partial charge in [-0.1, -0.05) is 11.6 Å². The molecule has 108 valence electrons. The van der Waals surface area contributed by atoms with Gasteiger partial charge in [0.2, 0.25) is 0 Å². The monoisotopic (exact) mass is 325 g/mol. The summed E-state index contributed by atoms with van der Waals surface area (Å²) >= 11 is 11.7. The van der Waals surface area contributed by atoms with Gasteiger partial charge in [-0.25, -0.2) is 13.1 Å². The number of aromatic nitrogens is 2. The second-order valence-electron chi connectivity index (χ2n) is 4.91. The van der Waals surface area contributed by atoms with Gasteiger partial charge in [0.25, 0.3) is 10.0 Å². The summed E-state index contributed by atoms with van der Waals surface area (Å²) in [7, 11) is -2.06. The lowest BCUT2D eigenvalue weighted by Gasteiger charge is -2.27. The Morgan fingerprint density at radius 2 is 2.05 bits per heavy atom. The largest absolute Gasteiger partial charge is 0.259 e. The predicted octanol–water partition coefficient (Wildman–Crippen LogP) is 2.15. The van der Waals surface area contributed by atoms with Crippen LogP contribution in [0.2, 0.25) is 5.02 Å². The third kappa shape index (κ3) is 3.42. The molecule has 0 spiro atoms. The molecular formula is C11H17Cl2N3O2S. The van der Waals surface area contributed by atoms with Gasteiger partial charge in [0, 0.05) is 19.0 Å². The fraction of sp³-hybridized carbons (Fsp3) is 0.727. The molecule has 1 aliphatic carbocycles. The maximum Gasteiger partial charge on any atom is 0.259 e. The number of aryl methyl sites for hydroxylation is 1. The van der Waals surface area contributed by atoms with E-state index in [1.807, 2.05) is 0 Å². The minimum atomic E-state index is -3.62. The highest BCUT2D eigenvalue weighted by Gasteiger charge is 2.28. The Morgan fingerprint density at radius 3 is 2.53 bits per heavy atom. The molecule has 0 aliphatic heterocycles. The summed E-state index contributed by atoms with van der Waals surface area (Å²) in [5.74, 6) is 1.15. The van der Waals surface area contributed by atoms with Gasteiger partial charge in [-0.05, 0) is 31.6 Å². The zero-order chi connectivity index (χ0) is 14.0. The minimum absolute atomic E-state index is 0.0219. The first-order valence-electron chi connectivity index (χ1n) is 6.20. The lowest BCUT2D eigenvalue weighted by molar-refractivity contribution is 0.334. The van der Waals surface area contributed by atoms with Crippen LogP contribution in [-0.2, 0) is 17.1 Å². The van der Waals surface area contributed by atoms with Crippen molar-refractivity contribution >= 4 is 33.2 Å². The Morgan fingerprint density at radius 1 is 1.42 bits per heavy atom. The molecule has 0 bridgehead atoms. The Bertz CT molecular complexity index is 517. The molecule has 0 unspecified atom stereocenters. The van der Waals surface area contributed by atoms with E-state index in [-0.39, 0.29) is 16.1 Å². The summed E-state index contributed by atoms with van der Waals surface area (Å²) in [6.45, 7) is 0. The third-order valence-electron chi connectivity index (χ3n) is 3.48. The van der Waals surface area contributed by atoms with Crippen molar-refractivity contribution in [3.05, 3.63) is 11.2 Å². The van der Waals surface area contributed by atoms with Crippen LogP contribution in [0.15, 0.2) is 11.2 Å². The molecule has 0 amide bonds. The van der Waals surface area contributed by atoms with Gasteiger partial charge < -0.3 is 0 Å². The van der Waals surface area contributed by atoms with Crippen molar-refractivity contribution in [2.75, 3.05) is 5.88 Å². The summed E-state index contributed by atoms with van der Waals surface area (Å²) in [4.78, 5) is 0. The van der Waals surface area contributed by atoms with Crippen molar-refractivity contribution in [2.45, 2.75) is 36.8 Å². The molecule has 1 heterocycles. The highest BCUT2D eigenvalue weighted by molar-refractivity contribution is 7.89. The molecule has 1 aliphatic rings. The maximum atomic E-state index is 12.3. The van der Waals surface area contributed by atoms with E-state index in [1.165, 1.54) is 10.9 Å². The first kappa shape index (κ1) is 15.1. The molecule has 1 fully saturated rings. The molecule has 2 rings (SSSR count). The number of hydrogen-bond donors (Lipinski definition) is 1. The van der Waals surface area contributed by atoms with Crippen LogP contribution in [0.5, 0.6) is 0 Å². The van der Waals surface area contributed by atoms with Crippen molar-refractivity contribution in [1.82, 2.24) is 14.5 Å². The number of rotatable bonds is 4. The van der Waals surface area contributed by atoms with Crippen LogP contribution in [0.1, 0.15) is 25.7 Å². The Kier molecular flexibility index (Phi) is 4.76. The molecule has 8 heteroatoms. The van der Waals surface area contributed by atoms with E-state index in [0.29, 0.717) is 11.8 Å². The Balaban J connectivity index is 2.07. The molecule has 0 saturated heterocycles. The van der Waals surface area contributed by atoms with Crippen molar-refractivity contribution in [2.24, 2.45) is 13.0 Å². The maximum absolute atomic E-state index is 12.3. The van der Waals surface area contributed by atoms with Crippen LogP contribution in [-0.4, -0.2) is 30.1 Å². The van der Waals surface area contributed by atoms with E-state index >= 15 is 0 Å². The first-order valence-corrected chi connectivity index (χ1v) is 8.59. The number of sulfonamides is 1. The summed E-state index contributed by atoms with van der Waals surface area (Å²) < 4.78 is 28.5. The van der Waals surface area contributed by atoms with Gasteiger partial charge >= 0.3 is 0 Å². The number of hydrogen-bond acceptors (Lipinski definition) is 3. The van der Waals surface area contributed by atoms with E-state index in [2.05, 4.69) is 9.82 Å². The third-order valence-corrected chi connectivity index (χ3v) is 5.95. The van der Waals surface area contributed by atoms with Gasteiger partial charge in [0.15, 0.2) is 5.03 Å². The zero-order valence-corrected chi connectivity index (χ0v) is 13.0. The van der Waals surface area contributed by atoms with Gasteiger partial charge in [0.05, 0.1) is 11.2 Å². The number of nitrogens with zero attached hydrogens (tertiary/aromatic N) is 2. The van der Waals surface area contributed by atoms with Crippen LogP contribution in [0.4, 0.5) is 0 Å². The summed E-state index contributed by atoms with van der Waals surface area (Å²) in [6, 6.07) is -0.0459. The van der Waals surface area contributed by atoms with Crippen molar-refractivity contribution in [1.29, 1.82) is 0 Å². The quantitative estimate of drug-likeness (QED) is 0.862. The molecule has 1 aromatic rings. The first-order chi connectivity index (χ1) is 8.94. The normalized spacial score (nSPS) is 24.6. The average molecular weight is 326 g/mol. The van der Waals surface area contributed by atoms with E-state index in [9.17, 15) is 8.42 Å². The molecule has 0 radical (unpaired) electrons. The van der Waals surface area contributed by atoms with Crippen LogP contribution in [0.25, 0.3) is 0 Å². The highest BCUT2D eigenvalue weighted by Crippen LogP contribution is 2.27. The second-order valence-corrected chi connectivity index (χ2v) is 7.26. The van der Waals surface area contributed by atoms with Gasteiger partial charge in [-0.15, -0.1) is 11.6 Å². The molecule has 1 aromatic heterocycles. The zero-order valence-electron chi connectivity index (χ0n) is 10.6. The predicted molar refractivity (Wildman–Crippen MR) is 75.0 cm³/mol. The van der Waals surface area contributed by atoms with Gasteiger partial charge in [-0.2, -0.15) is 5.10 Å². The summed E-state index contributed by atoms with van der Waals surface area (Å²) in [6.07, 6.45) is 4.87. The van der Waals surface area contributed by atoms with E-state index in [4.69, 9.17) is 23.2 Å². The van der Waals surface area contributed by atoms with Gasteiger partial charge in [-0.3, -0.25) is 4.68 Å². The Hall–Kier alpha value is -0.300. The summed E-state index contributed by atoms with van der Waals surface area (Å²) in [5.41, 5.74) is 0. The second kappa shape index (κ2) is 5.99. The van der Waals surface area contributed by atoms with Crippen LogP contribution >= 0.6 is 23.2 Å². The SMILES string of the molecule is Cn1ncc(Cl)c1S(=O)(=O)NC1CCC(CCl)CC1. The molecule has 1 saturated carbocycles. The van der Waals surface area contributed by atoms with E-state index < -0.39 is 10.0 Å². The topological polar surface area (TPSA) is 64.0 Å². The van der Waals surface area contributed by atoms with Crippen LogP contribution in [0.3, 0.4) is 0 Å². The van der Waals surface area contributed by atoms with Crippen molar-refractivity contribution in [3.63, 3.8) is 0 Å². The Labute approximate surface area is 123 Å². The van der Waals surface area contributed by atoms with E-state index in [1.54, 1.807) is 7.05 Å². The van der Waals surface area contributed by atoms with Crippen molar-refractivity contribution in [3.8, 4) is 0 Å². The van der Waals surface area contributed by atoms with E-state index in [0.717, 1.165) is 25.7 Å². The average Bonchev–Trinajstić information content (AvgIpc) is 2.70. The molecule has 19 heavy (non-hydrogen) atoms. The van der Waals surface area contributed by atoms with Crippen LogP contribution < -0.4 is 4.72 Å². The molecular weight excluding hydrogens is 309 g/mol. The highest BCUT2D eigenvalue weighted by atomic mass is 35.5. The molecule has 0 atom stereocenters. The molecule has 1 N–H and O–H groups in total. The van der Waals surface area contributed by atoms with Gasteiger partial charge in [0.1, 0.15) is 0 Å². The number of alkyl halides is 1. The fourth-order valence-electron chi connectivity index (χ4n) is 2.41. The van der Waals surface area contributed by atoms with Crippen molar-refractivity contribution < 1.29 is 8.42 Å².